The normalized spacial score (nSPS) is 20.4. The number of rotatable bonds is 7. The smallest absolute Gasteiger partial charge is 0.211 e. The van der Waals surface area contributed by atoms with Gasteiger partial charge in [0.15, 0.2) is 0 Å². The summed E-state index contributed by atoms with van der Waals surface area (Å²) < 4.78 is 31.4. The van der Waals surface area contributed by atoms with Crippen LogP contribution in [0, 0.1) is 5.92 Å². The number of ether oxygens (including phenoxy) is 1. The van der Waals surface area contributed by atoms with Crippen molar-refractivity contribution in [3.05, 3.63) is 0 Å². The first-order chi connectivity index (χ1) is 8.05. The number of nitrogens with one attached hydrogen (secondary N) is 1. The van der Waals surface area contributed by atoms with Crippen LogP contribution in [0.4, 0.5) is 0 Å². The zero-order valence-corrected chi connectivity index (χ0v) is 11.2. The van der Waals surface area contributed by atoms with Gasteiger partial charge in [-0.3, -0.25) is 0 Å². The Kier molecular flexibility index (Phi) is 6.40. The molecule has 1 aliphatic rings. The van der Waals surface area contributed by atoms with E-state index in [0.29, 0.717) is 18.8 Å². The Morgan fingerprint density at radius 1 is 1.35 bits per heavy atom. The zero-order valence-electron chi connectivity index (χ0n) is 10.4. The van der Waals surface area contributed by atoms with Crippen molar-refractivity contribution in [1.29, 1.82) is 0 Å². The highest BCUT2D eigenvalue weighted by Crippen LogP contribution is 2.19. The molecular weight excluding hydrogens is 242 g/mol. The zero-order chi connectivity index (χ0) is 12.7. The van der Waals surface area contributed by atoms with Crippen molar-refractivity contribution in [3.8, 4) is 0 Å². The van der Waals surface area contributed by atoms with Gasteiger partial charge in [-0.25, -0.2) is 13.1 Å². The van der Waals surface area contributed by atoms with E-state index in [9.17, 15) is 8.42 Å². The molecule has 1 atom stereocenters. The molecule has 0 bridgehead atoms. The van der Waals surface area contributed by atoms with Crippen LogP contribution in [0.3, 0.4) is 0 Å². The monoisotopic (exact) mass is 265 g/mol. The summed E-state index contributed by atoms with van der Waals surface area (Å²) in [4.78, 5) is 0. The van der Waals surface area contributed by atoms with Crippen molar-refractivity contribution in [2.75, 3.05) is 25.6 Å². The van der Waals surface area contributed by atoms with Crippen molar-refractivity contribution in [1.82, 2.24) is 4.72 Å². The molecule has 1 saturated heterocycles. The third-order valence-corrected chi connectivity index (χ3v) is 4.72. The molecule has 0 radical (unpaired) electrons. The van der Waals surface area contributed by atoms with Crippen LogP contribution in [0.15, 0.2) is 0 Å². The van der Waals surface area contributed by atoms with E-state index in [1.165, 1.54) is 0 Å². The number of aliphatic hydroxyl groups is 1. The first-order valence-corrected chi connectivity index (χ1v) is 7.89. The fourth-order valence-electron chi connectivity index (χ4n) is 2.06. The van der Waals surface area contributed by atoms with Gasteiger partial charge in [-0.1, -0.05) is 0 Å². The summed E-state index contributed by atoms with van der Waals surface area (Å²) in [5, 5.41) is 8.62. The summed E-state index contributed by atoms with van der Waals surface area (Å²) in [6.07, 6.45) is 2.87. The van der Waals surface area contributed by atoms with Crippen LogP contribution < -0.4 is 4.72 Å². The minimum atomic E-state index is -3.20. The van der Waals surface area contributed by atoms with E-state index in [2.05, 4.69) is 4.72 Å². The van der Waals surface area contributed by atoms with Gasteiger partial charge in [-0.15, -0.1) is 0 Å². The van der Waals surface area contributed by atoms with Crippen LogP contribution in [0.5, 0.6) is 0 Å². The Morgan fingerprint density at radius 2 is 2.00 bits per heavy atom. The fraction of sp³-hybridized carbons (Fsp3) is 1.00. The number of hydrogen-bond donors (Lipinski definition) is 2. The van der Waals surface area contributed by atoms with Crippen molar-refractivity contribution in [2.45, 2.75) is 38.6 Å². The molecule has 17 heavy (non-hydrogen) atoms. The summed E-state index contributed by atoms with van der Waals surface area (Å²) in [6, 6.07) is -0.0296. The van der Waals surface area contributed by atoms with Crippen molar-refractivity contribution in [3.63, 3.8) is 0 Å². The average molecular weight is 265 g/mol. The molecule has 0 aromatic carbocycles. The molecule has 0 saturated carbocycles. The second kappa shape index (κ2) is 7.31. The molecule has 0 aromatic heterocycles. The van der Waals surface area contributed by atoms with Gasteiger partial charge < -0.3 is 9.84 Å². The van der Waals surface area contributed by atoms with Crippen LogP contribution in [0.2, 0.25) is 0 Å². The van der Waals surface area contributed by atoms with E-state index < -0.39 is 10.0 Å². The Morgan fingerprint density at radius 3 is 2.59 bits per heavy atom. The molecular formula is C11H23NO4S. The summed E-state index contributed by atoms with van der Waals surface area (Å²) in [6.45, 7) is 3.41. The fourth-order valence-corrected chi connectivity index (χ4v) is 3.52. The predicted octanol–water partition coefficient (Wildman–Crippen LogP) is 0.493. The van der Waals surface area contributed by atoms with Gasteiger partial charge in [0.05, 0.1) is 5.75 Å². The highest BCUT2D eigenvalue weighted by Gasteiger charge is 2.24. The molecule has 2 N–H and O–H groups in total. The van der Waals surface area contributed by atoms with Gasteiger partial charge in [0.1, 0.15) is 0 Å². The van der Waals surface area contributed by atoms with Crippen LogP contribution in [0.1, 0.15) is 32.6 Å². The van der Waals surface area contributed by atoms with E-state index in [0.717, 1.165) is 26.1 Å². The lowest BCUT2D eigenvalue weighted by Gasteiger charge is -2.28. The third-order valence-electron chi connectivity index (χ3n) is 3.16. The lowest BCUT2D eigenvalue weighted by Crippen LogP contribution is -2.41. The first-order valence-electron chi connectivity index (χ1n) is 6.24. The summed E-state index contributed by atoms with van der Waals surface area (Å²) in [5.41, 5.74) is 0. The second-order valence-corrected chi connectivity index (χ2v) is 6.48. The highest BCUT2D eigenvalue weighted by atomic mass is 32.2. The molecule has 1 fully saturated rings. The average Bonchev–Trinajstić information content (AvgIpc) is 2.30. The maximum absolute atomic E-state index is 11.7. The molecule has 1 aliphatic heterocycles. The maximum atomic E-state index is 11.7. The standard InChI is InChI=1S/C11H23NO4S/c1-10(11-4-7-16-8-5-11)12-17(14,15)9-3-2-6-13/h10-13H,2-9H2,1H3. The third kappa shape index (κ3) is 5.81. The number of sulfonamides is 1. The van der Waals surface area contributed by atoms with E-state index in [1.807, 2.05) is 6.92 Å². The van der Waals surface area contributed by atoms with Crippen molar-refractivity contribution in [2.24, 2.45) is 5.92 Å². The van der Waals surface area contributed by atoms with Crippen LogP contribution in [-0.4, -0.2) is 45.1 Å². The highest BCUT2D eigenvalue weighted by molar-refractivity contribution is 7.89. The minimum absolute atomic E-state index is 0.0296. The minimum Gasteiger partial charge on any atom is -0.396 e. The second-order valence-electron chi connectivity index (χ2n) is 4.61. The Balaban J connectivity index is 2.34. The van der Waals surface area contributed by atoms with Gasteiger partial charge in [0.2, 0.25) is 10.0 Å². The Hall–Kier alpha value is -0.170. The molecule has 1 unspecified atom stereocenters. The molecule has 0 aliphatic carbocycles. The number of hydrogen-bond acceptors (Lipinski definition) is 4. The topological polar surface area (TPSA) is 75.6 Å². The van der Waals surface area contributed by atoms with E-state index in [4.69, 9.17) is 9.84 Å². The largest absolute Gasteiger partial charge is 0.396 e. The van der Waals surface area contributed by atoms with Crippen molar-refractivity contribution >= 4 is 10.0 Å². The summed E-state index contributed by atoms with van der Waals surface area (Å²) in [5.74, 6) is 0.470. The lowest BCUT2D eigenvalue weighted by atomic mass is 9.94. The summed E-state index contributed by atoms with van der Waals surface area (Å²) >= 11 is 0. The molecule has 0 aromatic rings. The van der Waals surface area contributed by atoms with Gasteiger partial charge in [0.25, 0.3) is 0 Å². The number of unbranched alkanes of at least 4 members (excludes halogenated alkanes) is 1. The van der Waals surface area contributed by atoms with E-state index in [-0.39, 0.29) is 18.4 Å². The molecule has 1 heterocycles. The first kappa shape index (κ1) is 14.9. The molecule has 5 nitrogen and oxygen atoms in total. The van der Waals surface area contributed by atoms with Crippen molar-refractivity contribution < 1.29 is 18.3 Å². The summed E-state index contributed by atoms with van der Waals surface area (Å²) in [7, 11) is -3.20. The molecule has 6 heteroatoms. The lowest BCUT2D eigenvalue weighted by molar-refractivity contribution is 0.0585. The van der Waals surface area contributed by atoms with Crippen LogP contribution in [0.25, 0.3) is 0 Å². The van der Waals surface area contributed by atoms with Gasteiger partial charge in [0, 0.05) is 25.9 Å². The van der Waals surface area contributed by atoms with E-state index in [1.54, 1.807) is 0 Å². The van der Waals surface area contributed by atoms with Gasteiger partial charge >= 0.3 is 0 Å². The Labute approximate surface area is 104 Å². The van der Waals surface area contributed by atoms with E-state index >= 15 is 0 Å². The SMILES string of the molecule is CC(NS(=O)(=O)CCCCO)C1CCOCC1. The van der Waals surface area contributed by atoms with Gasteiger partial charge in [-0.05, 0) is 38.5 Å². The maximum Gasteiger partial charge on any atom is 0.211 e. The number of aliphatic hydroxyl groups excluding tert-OH is 1. The van der Waals surface area contributed by atoms with Gasteiger partial charge in [-0.2, -0.15) is 0 Å². The van der Waals surface area contributed by atoms with Crippen LogP contribution >= 0.6 is 0 Å². The van der Waals surface area contributed by atoms with Crippen LogP contribution in [-0.2, 0) is 14.8 Å². The molecule has 1 rings (SSSR count). The quantitative estimate of drug-likeness (QED) is 0.657. The Bertz CT molecular complexity index is 299. The molecule has 102 valence electrons. The molecule has 0 amide bonds. The predicted molar refractivity (Wildman–Crippen MR) is 66.2 cm³/mol. The molecule has 0 spiro atoms.